The lowest BCUT2D eigenvalue weighted by Gasteiger charge is -2.40. The van der Waals surface area contributed by atoms with E-state index in [4.69, 9.17) is 9.84 Å². The fourth-order valence-electron chi connectivity index (χ4n) is 1.93. The molecular weight excluding hydrogens is 208 g/mol. The van der Waals surface area contributed by atoms with Crippen LogP contribution >= 0.6 is 0 Å². The van der Waals surface area contributed by atoms with E-state index >= 15 is 0 Å². The largest absolute Gasteiger partial charge is 0.394 e. The van der Waals surface area contributed by atoms with E-state index in [1.165, 1.54) is 6.92 Å². The molecule has 2 fully saturated rings. The molecule has 88 valence electrons. The molecule has 0 bridgehead atoms. The molecule has 5 atom stereocenters. The van der Waals surface area contributed by atoms with E-state index in [1.54, 1.807) is 0 Å². The number of epoxide rings is 1. The van der Waals surface area contributed by atoms with Gasteiger partial charge in [0.05, 0.1) is 6.61 Å². The zero-order valence-corrected chi connectivity index (χ0v) is 8.12. The summed E-state index contributed by atoms with van der Waals surface area (Å²) in [5, 5.41) is 47.6. The van der Waals surface area contributed by atoms with Crippen LogP contribution in [0.15, 0.2) is 0 Å². The molecule has 0 spiro atoms. The third kappa shape index (κ3) is 1.08. The molecule has 0 radical (unpaired) electrons. The predicted molar refractivity (Wildman–Crippen MR) is 44.2 cm³/mol. The van der Waals surface area contributed by atoms with Gasteiger partial charge in [0.25, 0.3) is 11.6 Å². The smallest absolute Gasteiger partial charge is 0.282 e. The number of hydrogen-bond acceptors (Lipinski definition) is 7. The van der Waals surface area contributed by atoms with Gasteiger partial charge < -0.3 is 35.0 Å². The molecule has 0 aromatic rings. The number of aliphatic hydroxyl groups is 5. The van der Waals surface area contributed by atoms with Gasteiger partial charge in [-0.15, -0.1) is 0 Å². The lowest BCUT2D eigenvalue weighted by Crippen LogP contribution is -2.64. The fourth-order valence-corrected chi connectivity index (χ4v) is 1.93. The van der Waals surface area contributed by atoms with Crippen LogP contribution < -0.4 is 0 Å². The highest BCUT2D eigenvalue weighted by Gasteiger charge is 2.86. The average molecular weight is 222 g/mol. The van der Waals surface area contributed by atoms with E-state index in [-0.39, 0.29) is 6.42 Å². The zero-order chi connectivity index (χ0) is 11.5. The molecule has 0 aliphatic carbocycles. The van der Waals surface area contributed by atoms with Gasteiger partial charge in [0, 0.05) is 6.42 Å². The number of ether oxygens (including phenoxy) is 2. The third-order valence-corrected chi connectivity index (χ3v) is 3.04. The summed E-state index contributed by atoms with van der Waals surface area (Å²) in [5.41, 5.74) is 0. The van der Waals surface area contributed by atoms with Crippen molar-refractivity contribution in [3.63, 3.8) is 0 Å². The van der Waals surface area contributed by atoms with Gasteiger partial charge in [0.15, 0.2) is 0 Å². The van der Waals surface area contributed by atoms with Crippen molar-refractivity contribution < 1.29 is 35.0 Å². The maximum Gasteiger partial charge on any atom is 0.282 e. The SMILES string of the molecule is CCC1(O)O[C@H](CO)[C@H](O)[C@]2(O)O[C@]12O. The Balaban J connectivity index is 2.33. The van der Waals surface area contributed by atoms with Gasteiger partial charge in [0.2, 0.25) is 5.79 Å². The van der Waals surface area contributed by atoms with Gasteiger partial charge >= 0.3 is 0 Å². The third-order valence-electron chi connectivity index (χ3n) is 3.04. The van der Waals surface area contributed by atoms with Gasteiger partial charge in [-0.05, 0) is 0 Å². The van der Waals surface area contributed by atoms with Crippen LogP contribution in [0.25, 0.3) is 0 Å². The Hall–Kier alpha value is -0.280. The second-order valence-electron chi connectivity index (χ2n) is 3.86. The van der Waals surface area contributed by atoms with Crippen LogP contribution in [0.2, 0.25) is 0 Å². The quantitative estimate of drug-likeness (QED) is 0.321. The van der Waals surface area contributed by atoms with Crippen molar-refractivity contribution in [2.75, 3.05) is 6.61 Å². The normalized spacial score (nSPS) is 58.8. The van der Waals surface area contributed by atoms with E-state index in [1.807, 2.05) is 0 Å². The first kappa shape index (κ1) is 11.2. The van der Waals surface area contributed by atoms with Crippen LogP contribution in [-0.4, -0.2) is 61.7 Å². The number of aliphatic hydroxyl groups excluding tert-OH is 2. The average Bonchev–Trinajstić information content (AvgIpc) is 2.80. The van der Waals surface area contributed by atoms with E-state index < -0.39 is 36.2 Å². The number of rotatable bonds is 2. The Bertz CT molecular complexity index is 284. The molecule has 2 aliphatic heterocycles. The fraction of sp³-hybridized carbons (Fsp3) is 1.00. The second-order valence-corrected chi connectivity index (χ2v) is 3.86. The Morgan fingerprint density at radius 1 is 1.27 bits per heavy atom. The van der Waals surface area contributed by atoms with E-state index in [2.05, 4.69) is 4.74 Å². The van der Waals surface area contributed by atoms with Crippen LogP contribution in [0.5, 0.6) is 0 Å². The molecule has 2 aliphatic rings. The second kappa shape index (κ2) is 2.89. The molecule has 0 amide bonds. The zero-order valence-electron chi connectivity index (χ0n) is 8.12. The first-order chi connectivity index (χ1) is 6.84. The highest BCUT2D eigenvalue weighted by atomic mass is 16.9. The van der Waals surface area contributed by atoms with Gasteiger partial charge in [0.1, 0.15) is 12.2 Å². The van der Waals surface area contributed by atoms with Crippen molar-refractivity contribution in [3.05, 3.63) is 0 Å². The summed E-state index contributed by atoms with van der Waals surface area (Å²) in [6.07, 6.45) is -2.88. The maximum atomic E-state index is 9.85. The minimum absolute atomic E-state index is 0.0605. The van der Waals surface area contributed by atoms with Crippen LogP contribution in [0.3, 0.4) is 0 Å². The minimum Gasteiger partial charge on any atom is -0.394 e. The molecule has 0 aromatic carbocycles. The molecular formula is C8H14O7. The minimum atomic E-state index is -2.33. The van der Waals surface area contributed by atoms with Crippen molar-refractivity contribution >= 4 is 0 Å². The lowest BCUT2D eigenvalue weighted by molar-refractivity contribution is -0.355. The van der Waals surface area contributed by atoms with Gasteiger partial charge in [-0.1, -0.05) is 6.92 Å². The summed E-state index contributed by atoms with van der Waals surface area (Å²) >= 11 is 0. The van der Waals surface area contributed by atoms with Crippen LogP contribution in [-0.2, 0) is 9.47 Å². The van der Waals surface area contributed by atoms with Gasteiger partial charge in [-0.25, -0.2) is 0 Å². The molecule has 2 heterocycles. The van der Waals surface area contributed by atoms with Crippen LogP contribution in [0.4, 0.5) is 0 Å². The molecule has 7 heteroatoms. The first-order valence-corrected chi connectivity index (χ1v) is 4.68. The van der Waals surface area contributed by atoms with Crippen molar-refractivity contribution in [2.24, 2.45) is 0 Å². The molecule has 0 aromatic heterocycles. The Kier molecular flexibility index (Phi) is 2.16. The van der Waals surface area contributed by atoms with Gasteiger partial charge in [-0.3, -0.25) is 0 Å². The topological polar surface area (TPSA) is 123 Å². The van der Waals surface area contributed by atoms with Crippen molar-refractivity contribution in [1.82, 2.24) is 0 Å². The Labute approximate surface area is 85.5 Å². The predicted octanol–water partition coefficient (Wildman–Crippen LogP) is -2.76. The molecule has 2 saturated heterocycles. The molecule has 2 rings (SSSR count). The summed E-state index contributed by atoms with van der Waals surface area (Å²) in [6, 6.07) is 0. The summed E-state index contributed by atoms with van der Waals surface area (Å²) in [6.45, 7) is 0.900. The Morgan fingerprint density at radius 2 is 1.87 bits per heavy atom. The first-order valence-electron chi connectivity index (χ1n) is 4.68. The molecule has 0 saturated carbocycles. The molecule has 5 N–H and O–H groups in total. The summed E-state index contributed by atoms with van der Waals surface area (Å²) < 4.78 is 9.51. The van der Waals surface area contributed by atoms with Crippen molar-refractivity contribution in [2.45, 2.75) is 42.9 Å². The highest BCUT2D eigenvalue weighted by molar-refractivity contribution is 5.17. The van der Waals surface area contributed by atoms with Crippen LogP contribution in [0, 0.1) is 0 Å². The summed E-state index contributed by atoms with van der Waals surface area (Å²) in [5.74, 6) is -6.74. The maximum absolute atomic E-state index is 9.85. The standard InChI is InChI=1S/C8H14O7/c1-2-6(11)8(13)7(12,15-8)5(10)4(3-9)14-6/h4-5,9-13H,2-3H2,1H3/t4-,5+,6?,7+,8-/m1/s1. The molecule has 7 nitrogen and oxygen atoms in total. The Morgan fingerprint density at radius 3 is 2.33 bits per heavy atom. The van der Waals surface area contributed by atoms with E-state index in [0.717, 1.165) is 0 Å². The molecule has 1 unspecified atom stereocenters. The van der Waals surface area contributed by atoms with Crippen molar-refractivity contribution in [3.8, 4) is 0 Å². The monoisotopic (exact) mass is 222 g/mol. The number of hydrogen-bond donors (Lipinski definition) is 5. The van der Waals surface area contributed by atoms with E-state index in [9.17, 15) is 20.4 Å². The molecule has 15 heavy (non-hydrogen) atoms. The highest BCUT2D eigenvalue weighted by Crippen LogP contribution is 2.58. The summed E-state index contributed by atoms with van der Waals surface area (Å²) in [4.78, 5) is 0. The number of fused-ring (bicyclic) bond motifs is 1. The lowest BCUT2D eigenvalue weighted by atomic mass is 9.91. The summed E-state index contributed by atoms with van der Waals surface area (Å²) in [7, 11) is 0. The van der Waals surface area contributed by atoms with Crippen LogP contribution in [0.1, 0.15) is 13.3 Å². The van der Waals surface area contributed by atoms with E-state index in [0.29, 0.717) is 0 Å². The van der Waals surface area contributed by atoms with Crippen molar-refractivity contribution in [1.29, 1.82) is 0 Å². The van der Waals surface area contributed by atoms with Gasteiger partial charge in [-0.2, -0.15) is 0 Å².